The summed E-state index contributed by atoms with van der Waals surface area (Å²) < 4.78 is 68.0. The van der Waals surface area contributed by atoms with E-state index in [9.17, 15) is 26.4 Å². The van der Waals surface area contributed by atoms with Gasteiger partial charge in [-0.15, -0.1) is 0 Å². The lowest BCUT2D eigenvalue weighted by Crippen LogP contribution is -2.20. The number of imidazole rings is 1. The first-order valence-corrected chi connectivity index (χ1v) is 10.1. The largest absolute Gasteiger partial charge is 0.416 e. The monoisotopic (exact) mass is 452 g/mol. The number of nitrogens with one attached hydrogen (secondary N) is 2. The van der Waals surface area contributed by atoms with Crippen LogP contribution in [0.5, 0.6) is 5.75 Å². The number of amides is 1. The van der Waals surface area contributed by atoms with Crippen molar-refractivity contribution in [2.75, 3.05) is 0 Å². The summed E-state index contributed by atoms with van der Waals surface area (Å²) in [5.41, 5.74) is 2.11. The van der Waals surface area contributed by atoms with Crippen molar-refractivity contribution in [3.63, 3.8) is 0 Å². The molecule has 31 heavy (non-hydrogen) atoms. The molecule has 8 nitrogen and oxygen atoms in total. The molecule has 0 aliphatic carbocycles. The summed E-state index contributed by atoms with van der Waals surface area (Å²) in [6.07, 6.45) is -0.483. The number of hydrazone groups is 1. The van der Waals surface area contributed by atoms with Gasteiger partial charge in [-0.2, -0.15) is 26.7 Å². The molecule has 0 unspecified atom stereocenters. The van der Waals surface area contributed by atoms with E-state index in [4.69, 9.17) is 4.18 Å². The normalized spacial score (nSPS) is 12.1. The number of aromatic amines is 1. The third-order valence-electron chi connectivity index (χ3n) is 3.89. The van der Waals surface area contributed by atoms with Crippen LogP contribution in [0.4, 0.5) is 13.2 Å². The summed E-state index contributed by atoms with van der Waals surface area (Å²) in [6, 6.07) is 8.85. The molecule has 1 heterocycles. The number of hydrogen-bond donors (Lipinski definition) is 2. The maximum absolute atomic E-state index is 12.7. The summed E-state index contributed by atoms with van der Waals surface area (Å²) in [5, 5.41) is 3.77. The van der Waals surface area contributed by atoms with Gasteiger partial charge in [0, 0.05) is 17.5 Å². The van der Waals surface area contributed by atoms with Gasteiger partial charge in [-0.1, -0.05) is 12.1 Å². The van der Waals surface area contributed by atoms with Gasteiger partial charge in [0.15, 0.2) is 5.75 Å². The molecule has 1 amide bonds. The first-order chi connectivity index (χ1) is 14.6. The van der Waals surface area contributed by atoms with E-state index in [-0.39, 0.29) is 17.7 Å². The minimum atomic E-state index is -4.59. The number of H-pyrrole nitrogens is 1. The zero-order chi connectivity index (χ0) is 22.5. The molecule has 0 saturated heterocycles. The minimum Gasteiger partial charge on any atom is -0.378 e. The Kier molecular flexibility index (Phi) is 6.39. The molecule has 0 bridgehead atoms. The van der Waals surface area contributed by atoms with Crippen molar-refractivity contribution in [1.29, 1.82) is 0 Å². The Morgan fingerprint density at radius 3 is 2.52 bits per heavy atom. The zero-order valence-electron chi connectivity index (χ0n) is 15.6. The summed E-state index contributed by atoms with van der Waals surface area (Å²) in [4.78, 5) is 17.9. The molecule has 12 heteroatoms. The van der Waals surface area contributed by atoms with E-state index in [1.165, 1.54) is 36.9 Å². The number of carbonyl (C=O) groups is 1. The predicted octanol–water partition coefficient (Wildman–Crippen LogP) is 2.89. The summed E-state index contributed by atoms with van der Waals surface area (Å²) in [7, 11) is -4.40. The second-order valence-electron chi connectivity index (χ2n) is 6.14. The average molecular weight is 452 g/mol. The Balaban J connectivity index is 1.71. The van der Waals surface area contributed by atoms with Crippen LogP contribution in [-0.4, -0.2) is 30.5 Å². The van der Waals surface area contributed by atoms with Crippen molar-refractivity contribution in [1.82, 2.24) is 15.4 Å². The number of carbonyl (C=O) groups excluding carboxylic acids is 1. The van der Waals surface area contributed by atoms with Crippen LogP contribution in [0, 0.1) is 0 Å². The second kappa shape index (κ2) is 9.00. The minimum absolute atomic E-state index is 0.0117. The van der Waals surface area contributed by atoms with Crippen molar-refractivity contribution in [2.24, 2.45) is 5.10 Å². The molecule has 0 aliphatic rings. The molecular formula is C19H15F3N4O4S. The van der Waals surface area contributed by atoms with Gasteiger partial charge < -0.3 is 9.17 Å². The van der Waals surface area contributed by atoms with E-state index in [2.05, 4.69) is 20.5 Å². The molecule has 0 spiro atoms. The van der Waals surface area contributed by atoms with Crippen molar-refractivity contribution >= 4 is 22.2 Å². The number of aromatic nitrogens is 2. The molecule has 3 rings (SSSR count). The maximum Gasteiger partial charge on any atom is 0.416 e. The molecular weight excluding hydrogens is 437 g/mol. The van der Waals surface area contributed by atoms with E-state index in [0.717, 1.165) is 12.1 Å². The number of halogens is 3. The Bertz CT molecular complexity index is 1180. The van der Waals surface area contributed by atoms with E-state index in [1.807, 2.05) is 0 Å². The van der Waals surface area contributed by atoms with Gasteiger partial charge in [0.2, 0.25) is 5.91 Å². The highest BCUT2D eigenvalue weighted by atomic mass is 32.2. The lowest BCUT2D eigenvalue weighted by atomic mass is 10.2. The number of rotatable bonds is 7. The maximum atomic E-state index is 12.7. The highest BCUT2D eigenvalue weighted by molar-refractivity contribution is 7.87. The van der Waals surface area contributed by atoms with Crippen molar-refractivity contribution in [2.45, 2.75) is 17.5 Å². The molecule has 0 saturated carbocycles. The molecule has 2 N–H and O–H groups in total. The van der Waals surface area contributed by atoms with Crippen LogP contribution in [-0.2, 0) is 27.5 Å². The highest BCUT2D eigenvalue weighted by Gasteiger charge is 2.31. The molecule has 0 atom stereocenters. The fraction of sp³-hybridized carbons (Fsp3) is 0.105. The van der Waals surface area contributed by atoms with Crippen molar-refractivity contribution in [3.8, 4) is 5.75 Å². The molecule has 2 aromatic carbocycles. The lowest BCUT2D eigenvalue weighted by Gasteiger charge is -2.11. The SMILES string of the molecule is O=C(Cc1cnc[nH]1)NN=Cc1ccccc1OS(=O)(=O)c1ccc(C(F)(F)F)cc1. The van der Waals surface area contributed by atoms with Crippen LogP contribution >= 0.6 is 0 Å². The third-order valence-corrected chi connectivity index (χ3v) is 5.14. The number of alkyl halides is 3. The predicted molar refractivity (Wildman–Crippen MR) is 104 cm³/mol. The standard InChI is InChI=1S/C19H15F3N4O4S/c20-19(21,22)14-5-7-16(8-6-14)31(28,29)30-17-4-2-1-3-13(17)10-25-26-18(27)9-15-11-23-12-24-15/h1-8,10-12H,9H2,(H,23,24)(H,26,27). The Hall–Kier alpha value is -3.67. The highest BCUT2D eigenvalue weighted by Crippen LogP contribution is 2.30. The smallest absolute Gasteiger partial charge is 0.378 e. The fourth-order valence-electron chi connectivity index (χ4n) is 2.41. The van der Waals surface area contributed by atoms with Gasteiger partial charge in [-0.25, -0.2) is 10.4 Å². The molecule has 1 aromatic heterocycles. The Labute approximate surface area is 174 Å². The van der Waals surface area contributed by atoms with Crippen molar-refractivity contribution < 1.29 is 30.6 Å². The van der Waals surface area contributed by atoms with Crippen LogP contribution < -0.4 is 9.61 Å². The first-order valence-electron chi connectivity index (χ1n) is 8.65. The molecule has 0 aliphatic heterocycles. The van der Waals surface area contributed by atoms with E-state index in [1.54, 1.807) is 6.07 Å². The molecule has 162 valence electrons. The van der Waals surface area contributed by atoms with Gasteiger partial charge in [0.1, 0.15) is 4.90 Å². The third kappa shape index (κ3) is 5.92. The Morgan fingerprint density at radius 2 is 1.87 bits per heavy atom. The Morgan fingerprint density at radius 1 is 1.16 bits per heavy atom. The lowest BCUT2D eigenvalue weighted by molar-refractivity contribution is -0.137. The molecule has 0 radical (unpaired) electrons. The van der Waals surface area contributed by atoms with Gasteiger partial charge in [0.05, 0.1) is 24.5 Å². The second-order valence-corrected chi connectivity index (χ2v) is 7.69. The quantitative estimate of drug-likeness (QED) is 0.325. The molecule has 0 fully saturated rings. The summed E-state index contributed by atoms with van der Waals surface area (Å²) >= 11 is 0. The van der Waals surface area contributed by atoms with E-state index < -0.39 is 32.7 Å². The first kappa shape index (κ1) is 22.0. The van der Waals surface area contributed by atoms with Gasteiger partial charge >= 0.3 is 16.3 Å². The van der Waals surface area contributed by atoms with Crippen LogP contribution in [0.2, 0.25) is 0 Å². The van der Waals surface area contributed by atoms with E-state index >= 15 is 0 Å². The van der Waals surface area contributed by atoms with Crippen molar-refractivity contribution in [3.05, 3.63) is 77.9 Å². The topological polar surface area (TPSA) is 114 Å². The van der Waals surface area contributed by atoms with Gasteiger partial charge in [-0.05, 0) is 36.4 Å². The number of benzene rings is 2. The van der Waals surface area contributed by atoms with Crippen LogP contribution in [0.3, 0.4) is 0 Å². The summed E-state index contributed by atoms with van der Waals surface area (Å²) in [6.45, 7) is 0. The number of para-hydroxylation sites is 1. The number of hydrogen-bond acceptors (Lipinski definition) is 6. The van der Waals surface area contributed by atoms with Crippen LogP contribution in [0.15, 0.2) is 71.1 Å². The van der Waals surface area contributed by atoms with Crippen LogP contribution in [0.25, 0.3) is 0 Å². The van der Waals surface area contributed by atoms with Crippen LogP contribution in [0.1, 0.15) is 16.8 Å². The van der Waals surface area contributed by atoms with Gasteiger partial charge in [-0.3, -0.25) is 4.79 Å². The average Bonchev–Trinajstić information content (AvgIpc) is 3.21. The fourth-order valence-corrected chi connectivity index (χ4v) is 3.36. The van der Waals surface area contributed by atoms with Gasteiger partial charge in [0.25, 0.3) is 0 Å². The van der Waals surface area contributed by atoms with E-state index in [0.29, 0.717) is 17.8 Å². The molecule has 3 aromatic rings. The summed E-state index contributed by atoms with van der Waals surface area (Å²) in [5.74, 6) is -0.551. The number of nitrogens with zero attached hydrogens (tertiary/aromatic N) is 2. The zero-order valence-corrected chi connectivity index (χ0v) is 16.4.